The molecular weight excluding hydrogens is 226 g/mol. The van der Waals surface area contributed by atoms with E-state index in [-0.39, 0.29) is 0 Å². The Bertz CT molecular complexity index is 409. The average Bonchev–Trinajstić information content (AvgIpc) is 3.08. The lowest BCUT2D eigenvalue weighted by Gasteiger charge is -2.14. The summed E-state index contributed by atoms with van der Waals surface area (Å²) in [6.07, 6.45) is 3.84. The first-order valence-corrected chi connectivity index (χ1v) is 6.88. The Morgan fingerprint density at radius 1 is 1.22 bits per heavy atom. The molecule has 1 aromatic carbocycles. The van der Waals surface area contributed by atoms with E-state index in [4.69, 9.17) is 9.47 Å². The lowest BCUT2D eigenvalue weighted by atomic mass is 9.98. The zero-order valence-corrected chi connectivity index (χ0v) is 10.9. The quantitative estimate of drug-likeness (QED) is 0.867. The van der Waals surface area contributed by atoms with Gasteiger partial charge in [-0.05, 0) is 55.3 Å². The van der Waals surface area contributed by atoms with Gasteiger partial charge in [0.05, 0.1) is 13.7 Å². The van der Waals surface area contributed by atoms with Crippen molar-refractivity contribution in [3.8, 4) is 11.5 Å². The molecule has 3 nitrogen and oxygen atoms in total. The molecule has 1 saturated carbocycles. The summed E-state index contributed by atoms with van der Waals surface area (Å²) >= 11 is 0. The van der Waals surface area contributed by atoms with Crippen molar-refractivity contribution in [1.29, 1.82) is 0 Å². The molecule has 18 heavy (non-hydrogen) atoms. The predicted octanol–water partition coefficient (Wildman–Crippen LogP) is 2.56. The molecule has 1 unspecified atom stereocenters. The van der Waals surface area contributed by atoms with Gasteiger partial charge in [0.1, 0.15) is 0 Å². The molecule has 3 rings (SSSR count). The fourth-order valence-electron chi connectivity index (χ4n) is 2.49. The standard InChI is InChI=1S/C15H21NO2/c1-17-15-8-12(13-6-7-16-9-13)4-5-14(15)18-10-11-2-3-11/h4-5,8,11,13,16H,2-3,6-7,9-10H2,1H3. The van der Waals surface area contributed by atoms with Gasteiger partial charge in [-0.15, -0.1) is 0 Å². The summed E-state index contributed by atoms with van der Waals surface area (Å²) in [6, 6.07) is 6.39. The highest BCUT2D eigenvalue weighted by Crippen LogP contribution is 2.35. The molecule has 2 aliphatic rings. The molecule has 1 atom stereocenters. The SMILES string of the molecule is COc1cc(C2CCNC2)ccc1OCC1CC1. The van der Waals surface area contributed by atoms with E-state index in [1.165, 1.54) is 24.8 Å². The number of benzene rings is 1. The van der Waals surface area contributed by atoms with Crippen molar-refractivity contribution in [1.82, 2.24) is 5.32 Å². The van der Waals surface area contributed by atoms with E-state index in [1.807, 2.05) is 0 Å². The van der Waals surface area contributed by atoms with Crippen molar-refractivity contribution in [2.45, 2.75) is 25.2 Å². The fourth-order valence-corrected chi connectivity index (χ4v) is 2.49. The van der Waals surface area contributed by atoms with Crippen LogP contribution >= 0.6 is 0 Å². The van der Waals surface area contributed by atoms with Crippen LogP contribution in [0.1, 0.15) is 30.7 Å². The fraction of sp³-hybridized carbons (Fsp3) is 0.600. The molecule has 1 aliphatic carbocycles. The Morgan fingerprint density at radius 3 is 2.78 bits per heavy atom. The van der Waals surface area contributed by atoms with Gasteiger partial charge in [-0.3, -0.25) is 0 Å². The summed E-state index contributed by atoms with van der Waals surface area (Å²) in [5.74, 6) is 3.16. The Labute approximate surface area is 108 Å². The van der Waals surface area contributed by atoms with Gasteiger partial charge >= 0.3 is 0 Å². The van der Waals surface area contributed by atoms with E-state index >= 15 is 0 Å². The molecule has 0 bridgehead atoms. The third kappa shape index (κ3) is 2.61. The first-order valence-electron chi connectivity index (χ1n) is 6.88. The third-order valence-corrected chi connectivity index (χ3v) is 3.89. The van der Waals surface area contributed by atoms with Crippen molar-refractivity contribution in [3.63, 3.8) is 0 Å². The van der Waals surface area contributed by atoms with E-state index in [2.05, 4.69) is 23.5 Å². The van der Waals surface area contributed by atoms with Gasteiger partial charge in [-0.25, -0.2) is 0 Å². The van der Waals surface area contributed by atoms with Gasteiger partial charge in [0.15, 0.2) is 11.5 Å². The van der Waals surface area contributed by atoms with Crippen LogP contribution < -0.4 is 14.8 Å². The zero-order valence-electron chi connectivity index (χ0n) is 10.9. The highest BCUT2D eigenvalue weighted by Gasteiger charge is 2.23. The maximum atomic E-state index is 5.83. The second-order valence-corrected chi connectivity index (χ2v) is 5.35. The third-order valence-electron chi connectivity index (χ3n) is 3.89. The molecule has 1 aliphatic heterocycles. The first kappa shape index (κ1) is 11.8. The second kappa shape index (κ2) is 5.19. The van der Waals surface area contributed by atoms with Crippen molar-refractivity contribution in [2.75, 3.05) is 26.8 Å². The number of rotatable bonds is 5. The topological polar surface area (TPSA) is 30.5 Å². The Morgan fingerprint density at radius 2 is 2.11 bits per heavy atom. The van der Waals surface area contributed by atoms with Gasteiger partial charge < -0.3 is 14.8 Å². The predicted molar refractivity (Wildman–Crippen MR) is 71.4 cm³/mol. The molecule has 0 spiro atoms. The van der Waals surface area contributed by atoms with E-state index < -0.39 is 0 Å². The highest BCUT2D eigenvalue weighted by molar-refractivity contribution is 5.44. The van der Waals surface area contributed by atoms with E-state index in [0.29, 0.717) is 5.92 Å². The lowest BCUT2D eigenvalue weighted by Crippen LogP contribution is -2.08. The van der Waals surface area contributed by atoms with Gasteiger partial charge in [-0.2, -0.15) is 0 Å². The van der Waals surface area contributed by atoms with Crippen molar-refractivity contribution in [3.05, 3.63) is 23.8 Å². The van der Waals surface area contributed by atoms with E-state index in [9.17, 15) is 0 Å². The summed E-state index contributed by atoms with van der Waals surface area (Å²) in [7, 11) is 1.72. The first-order chi connectivity index (χ1) is 8.86. The minimum atomic E-state index is 0.622. The molecule has 0 amide bonds. The molecule has 98 valence electrons. The van der Waals surface area contributed by atoms with Gasteiger partial charge in [0, 0.05) is 6.54 Å². The molecule has 1 aromatic rings. The molecule has 3 heteroatoms. The van der Waals surface area contributed by atoms with Crippen LogP contribution in [0.5, 0.6) is 11.5 Å². The number of methoxy groups -OCH3 is 1. The summed E-state index contributed by atoms with van der Waals surface area (Å²) in [5, 5.41) is 3.40. The maximum Gasteiger partial charge on any atom is 0.161 e. The number of hydrogen-bond acceptors (Lipinski definition) is 3. The van der Waals surface area contributed by atoms with Crippen molar-refractivity contribution >= 4 is 0 Å². The largest absolute Gasteiger partial charge is 0.493 e. The Balaban J connectivity index is 1.73. The molecule has 2 fully saturated rings. The molecule has 1 N–H and O–H groups in total. The smallest absolute Gasteiger partial charge is 0.161 e. The molecule has 1 heterocycles. The van der Waals surface area contributed by atoms with Crippen LogP contribution in [0.3, 0.4) is 0 Å². The van der Waals surface area contributed by atoms with Crippen LogP contribution in [0, 0.1) is 5.92 Å². The summed E-state index contributed by atoms with van der Waals surface area (Å²) in [4.78, 5) is 0. The minimum Gasteiger partial charge on any atom is -0.493 e. The normalized spacial score (nSPS) is 23.1. The highest BCUT2D eigenvalue weighted by atomic mass is 16.5. The lowest BCUT2D eigenvalue weighted by molar-refractivity contribution is 0.280. The van der Waals surface area contributed by atoms with Crippen LogP contribution in [-0.4, -0.2) is 26.8 Å². The van der Waals surface area contributed by atoms with Crippen molar-refractivity contribution < 1.29 is 9.47 Å². The van der Waals surface area contributed by atoms with Crippen LogP contribution in [0.4, 0.5) is 0 Å². The van der Waals surface area contributed by atoms with Crippen LogP contribution in [0.2, 0.25) is 0 Å². The van der Waals surface area contributed by atoms with Gasteiger partial charge in [-0.1, -0.05) is 6.07 Å². The number of hydrogen-bond donors (Lipinski definition) is 1. The van der Waals surface area contributed by atoms with Crippen LogP contribution in [0.15, 0.2) is 18.2 Å². The molecular formula is C15H21NO2. The maximum absolute atomic E-state index is 5.83. The average molecular weight is 247 g/mol. The molecule has 0 radical (unpaired) electrons. The monoisotopic (exact) mass is 247 g/mol. The number of ether oxygens (including phenoxy) is 2. The van der Waals surface area contributed by atoms with Gasteiger partial charge in [0.25, 0.3) is 0 Å². The molecule has 0 aromatic heterocycles. The Kier molecular flexibility index (Phi) is 3.41. The Hall–Kier alpha value is -1.22. The summed E-state index contributed by atoms with van der Waals surface area (Å²) in [6.45, 7) is 3.03. The van der Waals surface area contributed by atoms with E-state index in [0.717, 1.165) is 37.1 Å². The zero-order chi connectivity index (χ0) is 12.4. The van der Waals surface area contributed by atoms with Gasteiger partial charge in [0.2, 0.25) is 0 Å². The minimum absolute atomic E-state index is 0.622. The number of nitrogens with one attached hydrogen (secondary N) is 1. The summed E-state index contributed by atoms with van der Waals surface area (Å²) in [5.41, 5.74) is 1.36. The molecule has 1 saturated heterocycles. The van der Waals surface area contributed by atoms with Crippen LogP contribution in [0.25, 0.3) is 0 Å². The second-order valence-electron chi connectivity index (χ2n) is 5.35. The van der Waals surface area contributed by atoms with Crippen molar-refractivity contribution in [2.24, 2.45) is 5.92 Å². The van der Waals surface area contributed by atoms with Crippen LogP contribution in [-0.2, 0) is 0 Å². The summed E-state index contributed by atoms with van der Waals surface area (Å²) < 4.78 is 11.3. The van der Waals surface area contributed by atoms with E-state index in [1.54, 1.807) is 7.11 Å².